The number of anilines is 1. The number of fused-ring (bicyclic) bond motifs is 1. The summed E-state index contributed by atoms with van der Waals surface area (Å²) in [5.74, 6) is 1.51. The number of aromatic nitrogens is 2. The number of nitriles is 1. The van der Waals surface area contributed by atoms with Gasteiger partial charge in [-0.15, -0.1) is 0 Å². The van der Waals surface area contributed by atoms with Crippen LogP contribution in [0, 0.1) is 18.3 Å². The molecule has 0 fully saturated rings. The third-order valence-corrected chi connectivity index (χ3v) is 3.53. The van der Waals surface area contributed by atoms with E-state index in [0.717, 1.165) is 42.3 Å². The van der Waals surface area contributed by atoms with Crippen molar-refractivity contribution >= 4 is 5.95 Å². The van der Waals surface area contributed by atoms with Gasteiger partial charge in [-0.2, -0.15) is 5.26 Å². The van der Waals surface area contributed by atoms with Crippen molar-refractivity contribution in [3.05, 3.63) is 29.5 Å². The first-order chi connectivity index (χ1) is 9.74. The molecule has 3 rings (SSSR count). The first-order valence-electron chi connectivity index (χ1n) is 6.64. The molecule has 0 unspecified atom stereocenters. The minimum absolute atomic E-state index is 0.594. The molecule has 5 nitrogen and oxygen atoms in total. The maximum atomic E-state index is 9.48. The molecule has 5 heteroatoms. The number of rotatable bonds is 2. The molecule has 0 saturated carbocycles. The van der Waals surface area contributed by atoms with Crippen molar-refractivity contribution < 1.29 is 4.74 Å². The van der Waals surface area contributed by atoms with Gasteiger partial charge >= 0.3 is 0 Å². The van der Waals surface area contributed by atoms with Gasteiger partial charge in [-0.1, -0.05) is 11.6 Å². The van der Waals surface area contributed by atoms with Gasteiger partial charge in [-0.25, -0.2) is 4.98 Å². The highest BCUT2D eigenvalue weighted by Gasteiger charge is 2.22. The van der Waals surface area contributed by atoms with Crippen molar-refractivity contribution in [3.8, 4) is 23.1 Å². The molecule has 1 aliphatic rings. The van der Waals surface area contributed by atoms with E-state index in [0.29, 0.717) is 11.4 Å². The van der Waals surface area contributed by atoms with Gasteiger partial charge in [0.15, 0.2) is 0 Å². The zero-order valence-electron chi connectivity index (χ0n) is 11.6. The summed E-state index contributed by atoms with van der Waals surface area (Å²) in [5.41, 5.74) is 3.27. The molecule has 1 aliphatic heterocycles. The van der Waals surface area contributed by atoms with Gasteiger partial charge < -0.3 is 14.6 Å². The molecule has 2 aromatic rings. The van der Waals surface area contributed by atoms with Gasteiger partial charge in [0.05, 0.1) is 7.11 Å². The average Bonchev–Trinajstić information content (AvgIpc) is 2.85. The molecule has 1 aromatic heterocycles. The third kappa shape index (κ3) is 1.90. The lowest BCUT2D eigenvalue weighted by Crippen LogP contribution is -2.18. The van der Waals surface area contributed by atoms with E-state index in [2.05, 4.69) is 16.4 Å². The summed E-state index contributed by atoms with van der Waals surface area (Å²) in [6.45, 7) is 3.74. The summed E-state index contributed by atoms with van der Waals surface area (Å²) >= 11 is 0. The minimum atomic E-state index is 0.594. The fourth-order valence-electron chi connectivity index (χ4n) is 2.55. The molecule has 0 atom stereocenters. The molecule has 0 amide bonds. The molecule has 0 spiro atoms. The standard InChI is InChI=1S/C15H16N4O/c1-10-4-5-13(20-2)11(8-10)14-12(9-16)19-7-3-6-17-15(19)18-14/h4-5,8H,3,6-7H2,1-2H3,(H,17,18). The van der Waals surface area contributed by atoms with Crippen LogP contribution >= 0.6 is 0 Å². The zero-order valence-corrected chi connectivity index (χ0v) is 11.6. The molecule has 0 radical (unpaired) electrons. The van der Waals surface area contributed by atoms with E-state index in [1.165, 1.54) is 0 Å². The summed E-state index contributed by atoms with van der Waals surface area (Å²) in [6, 6.07) is 8.19. The second kappa shape index (κ2) is 4.89. The summed E-state index contributed by atoms with van der Waals surface area (Å²) < 4.78 is 7.35. The Kier molecular flexibility index (Phi) is 3.07. The van der Waals surface area contributed by atoms with Crippen LogP contribution in [0.15, 0.2) is 18.2 Å². The Hall–Kier alpha value is -2.48. The lowest BCUT2D eigenvalue weighted by molar-refractivity contribution is 0.416. The monoisotopic (exact) mass is 268 g/mol. The topological polar surface area (TPSA) is 62.9 Å². The van der Waals surface area contributed by atoms with E-state index < -0.39 is 0 Å². The Balaban J connectivity index is 2.22. The van der Waals surface area contributed by atoms with Gasteiger partial charge in [-0.3, -0.25) is 0 Å². The fraction of sp³-hybridized carbons (Fsp3) is 0.333. The highest BCUT2D eigenvalue weighted by molar-refractivity contribution is 5.74. The van der Waals surface area contributed by atoms with E-state index in [9.17, 15) is 5.26 Å². The number of hydrogen-bond donors (Lipinski definition) is 1. The normalized spacial score (nSPS) is 13.2. The van der Waals surface area contributed by atoms with Crippen LogP contribution in [0.5, 0.6) is 5.75 Å². The highest BCUT2D eigenvalue weighted by atomic mass is 16.5. The lowest BCUT2D eigenvalue weighted by Gasteiger charge is -2.15. The number of benzene rings is 1. The SMILES string of the molecule is COc1ccc(C)cc1-c1nc2n(c1C#N)CCCN2. The van der Waals surface area contributed by atoms with Crippen molar-refractivity contribution in [2.45, 2.75) is 19.9 Å². The molecule has 20 heavy (non-hydrogen) atoms. The smallest absolute Gasteiger partial charge is 0.204 e. The predicted molar refractivity (Wildman–Crippen MR) is 76.8 cm³/mol. The van der Waals surface area contributed by atoms with Gasteiger partial charge in [0.2, 0.25) is 5.95 Å². The van der Waals surface area contributed by atoms with E-state index in [1.807, 2.05) is 29.7 Å². The number of aryl methyl sites for hydroxylation is 1. The van der Waals surface area contributed by atoms with Crippen molar-refractivity contribution in [1.82, 2.24) is 9.55 Å². The van der Waals surface area contributed by atoms with Crippen LogP contribution in [-0.2, 0) is 6.54 Å². The van der Waals surface area contributed by atoms with Crippen molar-refractivity contribution in [2.24, 2.45) is 0 Å². The summed E-state index contributed by atoms with van der Waals surface area (Å²) in [4.78, 5) is 4.59. The largest absolute Gasteiger partial charge is 0.496 e. The Morgan fingerprint density at radius 2 is 2.30 bits per heavy atom. The number of imidazole rings is 1. The zero-order chi connectivity index (χ0) is 14.1. The molecule has 0 aliphatic carbocycles. The Morgan fingerprint density at radius 3 is 3.05 bits per heavy atom. The van der Waals surface area contributed by atoms with E-state index in [1.54, 1.807) is 7.11 Å². The van der Waals surface area contributed by atoms with E-state index in [-0.39, 0.29) is 0 Å². The van der Waals surface area contributed by atoms with Crippen LogP contribution in [0.25, 0.3) is 11.3 Å². The van der Waals surface area contributed by atoms with Gasteiger partial charge in [0.1, 0.15) is 23.2 Å². The van der Waals surface area contributed by atoms with Crippen LogP contribution in [0.4, 0.5) is 5.95 Å². The van der Waals surface area contributed by atoms with Crippen LogP contribution in [0.3, 0.4) is 0 Å². The Bertz CT molecular complexity index is 697. The third-order valence-electron chi connectivity index (χ3n) is 3.53. The van der Waals surface area contributed by atoms with Crippen molar-refractivity contribution in [2.75, 3.05) is 19.0 Å². The van der Waals surface area contributed by atoms with Crippen LogP contribution in [0.1, 0.15) is 17.7 Å². The summed E-state index contributed by atoms with van der Waals surface area (Å²) in [6.07, 6.45) is 1.00. The number of nitrogens with zero attached hydrogens (tertiary/aromatic N) is 3. The number of methoxy groups -OCH3 is 1. The Morgan fingerprint density at radius 1 is 1.45 bits per heavy atom. The average molecular weight is 268 g/mol. The lowest BCUT2D eigenvalue weighted by atomic mass is 10.1. The summed E-state index contributed by atoms with van der Waals surface area (Å²) in [5, 5.41) is 12.7. The van der Waals surface area contributed by atoms with E-state index in [4.69, 9.17) is 4.74 Å². The first kappa shape index (κ1) is 12.5. The molecule has 0 bridgehead atoms. The van der Waals surface area contributed by atoms with Gasteiger partial charge in [-0.05, 0) is 25.5 Å². The fourth-order valence-corrected chi connectivity index (χ4v) is 2.55. The predicted octanol–water partition coefficient (Wildman–Crippen LogP) is 2.55. The maximum absolute atomic E-state index is 9.48. The molecule has 2 heterocycles. The first-order valence-corrected chi connectivity index (χ1v) is 6.64. The maximum Gasteiger partial charge on any atom is 0.204 e. The second-order valence-corrected chi connectivity index (χ2v) is 4.88. The number of hydrogen-bond acceptors (Lipinski definition) is 4. The van der Waals surface area contributed by atoms with Crippen molar-refractivity contribution in [3.63, 3.8) is 0 Å². The van der Waals surface area contributed by atoms with Crippen LogP contribution < -0.4 is 10.1 Å². The molecule has 0 saturated heterocycles. The Labute approximate surface area is 117 Å². The molecule has 102 valence electrons. The number of ether oxygens (including phenoxy) is 1. The summed E-state index contributed by atoms with van der Waals surface area (Å²) in [7, 11) is 1.63. The molecular weight excluding hydrogens is 252 g/mol. The molecule has 1 aromatic carbocycles. The molecular formula is C15H16N4O. The number of nitrogens with one attached hydrogen (secondary N) is 1. The van der Waals surface area contributed by atoms with Gasteiger partial charge in [0, 0.05) is 18.7 Å². The van der Waals surface area contributed by atoms with Crippen molar-refractivity contribution in [1.29, 1.82) is 5.26 Å². The second-order valence-electron chi connectivity index (χ2n) is 4.88. The van der Waals surface area contributed by atoms with Gasteiger partial charge in [0.25, 0.3) is 0 Å². The highest BCUT2D eigenvalue weighted by Crippen LogP contribution is 2.34. The van der Waals surface area contributed by atoms with E-state index >= 15 is 0 Å². The van der Waals surface area contributed by atoms with Crippen LogP contribution in [-0.4, -0.2) is 23.2 Å². The van der Waals surface area contributed by atoms with Crippen LogP contribution in [0.2, 0.25) is 0 Å². The minimum Gasteiger partial charge on any atom is -0.496 e. The quantitative estimate of drug-likeness (QED) is 0.909. The molecule has 1 N–H and O–H groups in total.